The molecule has 0 bridgehead atoms. The van der Waals surface area contributed by atoms with E-state index in [-0.39, 0.29) is 23.6 Å². The number of amides is 3. The summed E-state index contributed by atoms with van der Waals surface area (Å²) in [5.74, 6) is -0.139. The van der Waals surface area contributed by atoms with E-state index in [1.54, 1.807) is 22.7 Å². The minimum absolute atomic E-state index is 0.00562. The molecule has 3 heterocycles. The average Bonchev–Trinajstić information content (AvgIpc) is 3.34. The number of rotatable bonds is 3. The van der Waals surface area contributed by atoms with Crippen LogP contribution in [-0.2, 0) is 9.59 Å². The van der Waals surface area contributed by atoms with Gasteiger partial charge >= 0.3 is 0 Å². The molecule has 0 aliphatic carbocycles. The van der Waals surface area contributed by atoms with Gasteiger partial charge in [-0.25, -0.2) is 4.68 Å². The van der Waals surface area contributed by atoms with Crippen molar-refractivity contribution in [3.63, 3.8) is 0 Å². The topological polar surface area (TPSA) is 87.5 Å². The molecule has 0 radical (unpaired) electrons. The maximum absolute atomic E-state index is 13.2. The lowest BCUT2D eigenvalue weighted by molar-refractivity contribution is -0.128. The van der Waals surface area contributed by atoms with E-state index < -0.39 is 5.54 Å². The lowest BCUT2D eigenvalue weighted by atomic mass is 9.80. The molecule has 1 N–H and O–H groups in total. The molecule has 8 nitrogen and oxygen atoms in total. The molecule has 4 rings (SSSR count). The molecule has 1 aromatic heterocycles. The van der Waals surface area contributed by atoms with Gasteiger partial charge in [0.2, 0.25) is 11.8 Å². The van der Waals surface area contributed by atoms with E-state index in [2.05, 4.69) is 10.4 Å². The van der Waals surface area contributed by atoms with Gasteiger partial charge in [0.15, 0.2) is 0 Å². The standard InChI is InChI=1S/C21H25N5O3/c1-15(27)23-21-7-10-24(12-18(21)13-25(14-21)16(2)28)20(29)17-5-3-6-19(11-17)26-9-4-8-22-26/h3-6,8-9,11,18H,7,10,12-14H2,1-2H3,(H,23,27)/t18-,21-/m1/s1. The predicted octanol–water partition coefficient (Wildman–Crippen LogP) is 1.07. The van der Waals surface area contributed by atoms with Crippen LogP contribution in [-0.4, -0.2) is 69.0 Å². The van der Waals surface area contributed by atoms with E-state index in [0.29, 0.717) is 38.2 Å². The highest BCUT2D eigenvalue weighted by atomic mass is 16.2. The molecular weight excluding hydrogens is 370 g/mol. The summed E-state index contributed by atoms with van der Waals surface area (Å²) >= 11 is 0. The smallest absolute Gasteiger partial charge is 0.253 e. The fraction of sp³-hybridized carbons (Fsp3) is 0.429. The second-order valence-corrected chi connectivity index (χ2v) is 7.94. The number of carbonyl (C=O) groups excluding carboxylic acids is 3. The van der Waals surface area contributed by atoms with Crippen LogP contribution in [0.25, 0.3) is 5.69 Å². The molecule has 0 unspecified atom stereocenters. The van der Waals surface area contributed by atoms with Gasteiger partial charge in [0.25, 0.3) is 5.91 Å². The molecule has 2 aromatic rings. The van der Waals surface area contributed by atoms with Crippen LogP contribution in [0.15, 0.2) is 42.7 Å². The minimum Gasteiger partial charge on any atom is -0.349 e. The second kappa shape index (κ2) is 7.35. The zero-order valence-electron chi connectivity index (χ0n) is 16.7. The van der Waals surface area contributed by atoms with E-state index in [4.69, 9.17) is 0 Å². The third-order valence-corrected chi connectivity index (χ3v) is 5.98. The summed E-state index contributed by atoms with van der Waals surface area (Å²) in [5.41, 5.74) is 0.978. The number of hydrogen-bond acceptors (Lipinski definition) is 4. The van der Waals surface area contributed by atoms with Crippen molar-refractivity contribution in [1.29, 1.82) is 0 Å². The van der Waals surface area contributed by atoms with Gasteiger partial charge in [0.1, 0.15) is 0 Å². The van der Waals surface area contributed by atoms with Crippen LogP contribution >= 0.6 is 0 Å². The zero-order valence-corrected chi connectivity index (χ0v) is 16.7. The first-order valence-electron chi connectivity index (χ1n) is 9.81. The van der Waals surface area contributed by atoms with Gasteiger partial charge in [-0.05, 0) is 30.7 Å². The van der Waals surface area contributed by atoms with Crippen LogP contribution in [0, 0.1) is 5.92 Å². The summed E-state index contributed by atoms with van der Waals surface area (Å²) in [6.45, 7) is 5.14. The quantitative estimate of drug-likeness (QED) is 0.842. The molecular formula is C21H25N5O3. The first kappa shape index (κ1) is 19.2. The van der Waals surface area contributed by atoms with Gasteiger partial charge in [-0.2, -0.15) is 5.10 Å². The van der Waals surface area contributed by atoms with Crippen LogP contribution in [0.1, 0.15) is 30.6 Å². The number of hydrogen-bond donors (Lipinski definition) is 1. The fourth-order valence-electron chi connectivity index (χ4n) is 4.55. The van der Waals surface area contributed by atoms with Crippen molar-refractivity contribution in [2.75, 3.05) is 26.2 Å². The van der Waals surface area contributed by atoms with Crippen LogP contribution in [0.4, 0.5) is 0 Å². The van der Waals surface area contributed by atoms with Crippen LogP contribution in [0.2, 0.25) is 0 Å². The van der Waals surface area contributed by atoms with Crippen LogP contribution in [0.5, 0.6) is 0 Å². The Morgan fingerprint density at radius 3 is 2.62 bits per heavy atom. The maximum atomic E-state index is 13.2. The first-order valence-corrected chi connectivity index (χ1v) is 9.81. The highest BCUT2D eigenvalue weighted by Crippen LogP contribution is 2.36. The lowest BCUT2D eigenvalue weighted by Crippen LogP contribution is -2.61. The summed E-state index contributed by atoms with van der Waals surface area (Å²) in [4.78, 5) is 40.5. The Bertz CT molecular complexity index is 942. The number of nitrogens with one attached hydrogen (secondary N) is 1. The van der Waals surface area contributed by atoms with Crippen molar-refractivity contribution < 1.29 is 14.4 Å². The molecule has 2 aliphatic heterocycles. The average molecular weight is 395 g/mol. The third-order valence-electron chi connectivity index (χ3n) is 5.98. The number of fused-ring (bicyclic) bond motifs is 1. The third kappa shape index (κ3) is 3.62. The van der Waals surface area contributed by atoms with E-state index in [1.165, 1.54) is 6.92 Å². The highest BCUT2D eigenvalue weighted by Gasteiger charge is 2.51. The number of nitrogens with zero attached hydrogens (tertiary/aromatic N) is 4. The molecule has 0 spiro atoms. The monoisotopic (exact) mass is 395 g/mol. The Hall–Kier alpha value is -3.16. The largest absolute Gasteiger partial charge is 0.349 e. The van der Waals surface area contributed by atoms with Gasteiger partial charge in [0, 0.05) is 63.9 Å². The number of benzene rings is 1. The number of carbonyl (C=O) groups is 3. The predicted molar refractivity (Wildman–Crippen MR) is 106 cm³/mol. The molecule has 29 heavy (non-hydrogen) atoms. The Morgan fingerprint density at radius 1 is 1.14 bits per heavy atom. The Morgan fingerprint density at radius 2 is 1.93 bits per heavy atom. The lowest BCUT2D eigenvalue weighted by Gasteiger charge is -2.43. The van der Waals surface area contributed by atoms with E-state index in [1.807, 2.05) is 41.4 Å². The fourth-order valence-corrected chi connectivity index (χ4v) is 4.55. The van der Waals surface area contributed by atoms with Gasteiger partial charge in [0.05, 0.1) is 11.2 Å². The van der Waals surface area contributed by atoms with E-state index in [0.717, 1.165) is 5.69 Å². The Labute approximate surface area is 169 Å². The Kier molecular flexibility index (Phi) is 4.86. The molecule has 152 valence electrons. The molecule has 2 saturated heterocycles. The number of piperidine rings is 1. The van der Waals surface area contributed by atoms with Crippen molar-refractivity contribution in [2.45, 2.75) is 25.8 Å². The summed E-state index contributed by atoms with van der Waals surface area (Å²) in [6.07, 6.45) is 4.16. The molecule has 1 aromatic carbocycles. The Balaban J connectivity index is 1.54. The van der Waals surface area contributed by atoms with Gasteiger partial charge in [-0.15, -0.1) is 0 Å². The molecule has 2 fully saturated rings. The van der Waals surface area contributed by atoms with Gasteiger partial charge in [-0.3, -0.25) is 14.4 Å². The summed E-state index contributed by atoms with van der Waals surface area (Å²) in [6, 6.07) is 9.23. The number of likely N-dealkylation sites (tertiary alicyclic amines) is 2. The summed E-state index contributed by atoms with van der Waals surface area (Å²) < 4.78 is 1.72. The molecule has 3 amide bonds. The summed E-state index contributed by atoms with van der Waals surface area (Å²) in [7, 11) is 0. The van der Waals surface area contributed by atoms with Gasteiger partial charge in [-0.1, -0.05) is 6.07 Å². The van der Waals surface area contributed by atoms with Crippen molar-refractivity contribution in [3.8, 4) is 5.69 Å². The first-order chi connectivity index (χ1) is 13.9. The normalized spacial score (nSPS) is 23.6. The maximum Gasteiger partial charge on any atom is 0.253 e. The highest BCUT2D eigenvalue weighted by molar-refractivity contribution is 5.95. The molecule has 0 saturated carbocycles. The van der Waals surface area contributed by atoms with Crippen LogP contribution < -0.4 is 5.32 Å². The molecule has 8 heteroatoms. The summed E-state index contributed by atoms with van der Waals surface area (Å²) in [5, 5.41) is 7.31. The second-order valence-electron chi connectivity index (χ2n) is 7.94. The van der Waals surface area contributed by atoms with E-state index in [9.17, 15) is 14.4 Å². The van der Waals surface area contributed by atoms with Crippen molar-refractivity contribution >= 4 is 17.7 Å². The van der Waals surface area contributed by atoms with Gasteiger partial charge < -0.3 is 15.1 Å². The minimum atomic E-state index is -0.453. The van der Waals surface area contributed by atoms with Crippen LogP contribution in [0.3, 0.4) is 0 Å². The van der Waals surface area contributed by atoms with Crippen molar-refractivity contribution in [1.82, 2.24) is 24.9 Å². The molecule has 2 aliphatic rings. The number of aromatic nitrogens is 2. The van der Waals surface area contributed by atoms with Crippen molar-refractivity contribution in [2.24, 2.45) is 5.92 Å². The molecule has 2 atom stereocenters. The van der Waals surface area contributed by atoms with E-state index >= 15 is 0 Å². The zero-order chi connectivity index (χ0) is 20.6. The van der Waals surface area contributed by atoms with Crippen molar-refractivity contribution in [3.05, 3.63) is 48.3 Å². The SMILES string of the molecule is CC(=O)N[C@@]12CCN(C(=O)c3cccc(-n4cccn4)c3)C[C@@H]1CN(C(C)=O)C2.